The zero-order valence-electron chi connectivity index (χ0n) is 18.3. The average molecular weight is 432 g/mol. The molecule has 9 heteroatoms. The van der Waals surface area contributed by atoms with Crippen LogP contribution in [0.1, 0.15) is 42.8 Å². The molecule has 9 nitrogen and oxygen atoms in total. The van der Waals surface area contributed by atoms with Crippen molar-refractivity contribution in [2.45, 2.75) is 37.7 Å². The summed E-state index contributed by atoms with van der Waals surface area (Å²) in [5.41, 5.74) is 5.26. The molecule has 32 heavy (non-hydrogen) atoms. The predicted molar refractivity (Wildman–Crippen MR) is 116 cm³/mol. The van der Waals surface area contributed by atoms with E-state index in [-0.39, 0.29) is 0 Å². The number of aromatic nitrogens is 6. The first kappa shape index (κ1) is 19.2. The number of hydrogen-bond acceptors (Lipinski definition) is 7. The summed E-state index contributed by atoms with van der Waals surface area (Å²) in [7, 11) is 5.32. The van der Waals surface area contributed by atoms with Crippen LogP contribution < -0.4 is 4.74 Å². The fraction of sp³-hybridized carbons (Fsp3) is 0.391. The van der Waals surface area contributed by atoms with Crippen molar-refractivity contribution in [1.82, 2.24) is 29.5 Å². The van der Waals surface area contributed by atoms with Gasteiger partial charge in [0, 0.05) is 37.9 Å². The van der Waals surface area contributed by atoms with E-state index in [0.29, 0.717) is 23.8 Å². The van der Waals surface area contributed by atoms with Gasteiger partial charge in [-0.15, -0.1) is 0 Å². The highest BCUT2D eigenvalue weighted by molar-refractivity contribution is 5.77. The SMILES string of the molecule is COc1ccc2c(c1)-c1nn(C)cc1Cc1c(-c3noc(C4(OC)CCCC4)n3)ncn1-2. The van der Waals surface area contributed by atoms with Crippen LogP contribution in [0.4, 0.5) is 0 Å². The molecule has 0 N–H and O–H groups in total. The Morgan fingerprint density at radius 3 is 2.75 bits per heavy atom. The molecular formula is C23H24N6O3. The summed E-state index contributed by atoms with van der Waals surface area (Å²) in [5.74, 6) is 1.81. The van der Waals surface area contributed by atoms with E-state index in [1.54, 1.807) is 14.2 Å². The minimum atomic E-state index is -0.485. The van der Waals surface area contributed by atoms with Gasteiger partial charge < -0.3 is 18.6 Å². The lowest BCUT2D eigenvalue weighted by Gasteiger charge is -2.22. The van der Waals surface area contributed by atoms with Crippen molar-refractivity contribution >= 4 is 0 Å². The van der Waals surface area contributed by atoms with Crippen molar-refractivity contribution in [1.29, 1.82) is 0 Å². The highest BCUT2D eigenvalue weighted by Crippen LogP contribution is 2.42. The van der Waals surface area contributed by atoms with Gasteiger partial charge in [-0.3, -0.25) is 4.68 Å². The first-order chi connectivity index (χ1) is 15.6. The Labute approximate surface area is 185 Å². The van der Waals surface area contributed by atoms with Crippen molar-refractivity contribution in [2.24, 2.45) is 7.05 Å². The normalized spacial score (nSPS) is 16.3. The molecule has 164 valence electrons. The first-order valence-corrected chi connectivity index (χ1v) is 10.8. The van der Waals surface area contributed by atoms with E-state index in [2.05, 4.69) is 9.72 Å². The molecule has 6 rings (SSSR count). The average Bonchev–Trinajstić information content (AvgIpc) is 3.59. The van der Waals surface area contributed by atoms with Gasteiger partial charge in [-0.1, -0.05) is 5.16 Å². The van der Waals surface area contributed by atoms with Gasteiger partial charge in [-0.05, 0) is 43.9 Å². The number of fused-ring (bicyclic) bond motifs is 5. The van der Waals surface area contributed by atoms with Crippen LogP contribution in [0.5, 0.6) is 5.75 Å². The molecule has 0 unspecified atom stereocenters. The van der Waals surface area contributed by atoms with Gasteiger partial charge >= 0.3 is 0 Å². The Kier molecular flexibility index (Phi) is 4.23. The summed E-state index contributed by atoms with van der Waals surface area (Å²) >= 11 is 0. The quantitative estimate of drug-likeness (QED) is 0.428. The van der Waals surface area contributed by atoms with E-state index in [4.69, 9.17) is 29.1 Å². The van der Waals surface area contributed by atoms with Crippen molar-refractivity contribution < 1.29 is 14.0 Å². The first-order valence-electron chi connectivity index (χ1n) is 10.8. The second-order valence-electron chi connectivity index (χ2n) is 8.48. The summed E-state index contributed by atoms with van der Waals surface area (Å²) in [6, 6.07) is 6.00. The lowest BCUT2D eigenvalue weighted by molar-refractivity contribution is -0.0342. The maximum absolute atomic E-state index is 5.82. The molecule has 0 saturated heterocycles. The molecule has 1 aliphatic heterocycles. The Balaban J connectivity index is 1.50. The lowest BCUT2D eigenvalue weighted by atomic mass is 10.0. The largest absolute Gasteiger partial charge is 0.497 e. The van der Waals surface area contributed by atoms with Gasteiger partial charge in [-0.25, -0.2) is 4.98 Å². The monoisotopic (exact) mass is 432 g/mol. The van der Waals surface area contributed by atoms with Crippen molar-refractivity contribution in [3.63, 3.8) is 0 Å². The molecule has 0 amide bonds. The van der Waals surface area contributed by atoms with Crippen LogP contribution in [0.25, 0.3) is 28.5 Å². The predicted octanol–water partition coefficient (Wildman–Crippen LogP) is 3.65. The number of rotatable bonds is 4. The zero-order chi connectivity index (χ0) is 21.9. The minimum Gasteiger partial charge on any atom is -0.497 e. The minimum absolute atomic E-state index is 0.485. The Morgan fingerprint density at radius 2 is 1.97 bits per heavy atom. The summed E-state index contributed by atoms with van der Waals surface area (Å²) in [6.45, 7) is 0. The Bertz CT molecular complexity index is 1310. The van der Waals surface area contributed by atoms with Gasteiger partial charge in [-0.2, -0.15) is 10.1 Å². The second-order valence-corrected chi connectivity index (χ2v) is 8.48. The maximum Gasteiger partial charge on any atom is 0.259 e. The molecule has 0 radical (unpaired) electrons. The van der Waals surface area contributed by atoms with Crippen LogP contribution in [0.15, 0.2) is 35.2 Å². The lowest BCUT2D eigenvalue weighted by Crippen LogP contribution is -2.24. The summed E-state index contributed by atoms with van der Waals surface area (Å²) in [6.07, 6.45) is 8.48. The van der Waals surface area contributed by atoms with Gasteiger partial charge in [0.25, 0.3) is 5.89 Å². The Hall–Kier alpha value is -3.46. The van der Waals surface area contributed by atoms with Crippen LogP contribution in [-0.2, 0) is 23.8 Å². The third-order valence-electron chi connectivity index (χ3n) is 6.68. The number of benzene rings is 1. The molecule has 4 heterocycles. The number of aryl methyl sites for hydroxylation is 1. The summed E-state index contributed by atoms with van der Waals surface area (Å²) in [5, 5.41) is 9.03. The van der Waals surface area contributed by atoms with Crippen LogP contribution in [0, 0.1) is 0 Å². The molecule has 1 saturated carbocycles. The van der Waals surface area contributed by atoms with Gasteiger partial charge in [0.15, 0.2) is 0 Å². The van der Waals surface area contributed by atoms with Crippen molar-refractivity contribution in [3.8, 4) is 34.2 Å². The molecule has 1 aliphatic carbocycles. The number of imidazole rings is 1. The van der Waals surface area contributed by atoms with Crippen molar-refractivity contribution in [2.75, 3.05) is 14.2 Å². The standard InChI is InChI=1S/C23H24N6O3/c1-28-12-14-10-18-20(21-25-22(32-27-21)23(31-3)8-4-5-9-23)24-13-29(18)17-7-6-15(30-2)11-16(17)19(14)26-28/h6-7,11-13H,4-5,8-10H2,1-3H3. The zero-order valence-corrected chi connectivity index (χ0v) is 18.3. The molecule has 0 bridgehead atoms. The highest BCUT2D eigenvalue weighted by Gasteiger charge is 2.41. The third-order valence-corrected chi connectivity index (χ3v) is 6.68. The highest BCUT2D eigenvalue weighted by atomic mass is 16.5. The molecule has 1 aromatic carbocycles. The van der Waals surface area contributed by atoms with E-state index in [1.165, 1.54) is 0 Å². The van der Waals surface area contributed by atoms with E-state index >= 15 is 0 Å². The van der Waals surface area contributed by atoms with E-state index < -0.39 is 5.60 Å². The number of nitrogens with zero attached hydrogens (tertiary/aromatic N) is 6. The third kappa shape index (κ3) is 2.74. The maximum atomic E-state index is 5.82. The van der Waals surface area contributed by atoms with E-state index in [1.807, 2.05) is 42.5 Å². The molecule has 1 fully saturated rings. The topological polar surface area (TPSA) is 93.0 Å². The van der Waals surface area contributed by atoms with Gasteiger partial charge in [0.05, 0.1) is 24.2 Å². The van der Waals surface area contributed by atoms with Gasteiger partial charge in [0.1, 0.15) is 23.4 Å². The van der Waals surface area contributed by atoms with E-state index in [9.17, 15) is 0 Å². The van der Waals surface area contributed by atoms with Crippen LogP contribution in [0.2, 0.25) is 0 Å². The molecule has 3 aromatic heterocycles. The van der Waals surface area contributed by atoms with Crippen LogP contribution in [-0.4, -0.2) is 43.7 Å². The molecule has 0 spiro atoms. The number of ether oxygens (including phenoxy) is 2. The fourth-order valence-electron chi connectivity index (χ4n) is 5.01. The molecular weight excluding hydrogens is 408 g/mol. The summed E-state index contributed by atoms with van der Waals surface area (Å²) < 4.78 is 20.9. The van der Waals surface area contributed by atoms with E-state index in [0.717, 1.165) is 59.6 Å². The fourth-order valence-corrected chi connectivity index (χ4v) is 5.01. The Morgan fingerprint density at radius 1 is 1.12 bits per heavy atom. The van der Waals surface area contributed by atoms with Crippen LogP contribution >= 0.6 is 0 Å². The molecule has 4 aromatic rings. The van der Waals surface area contributed by atoms with Gasteiger partial charge in [0.2, 0.25) is 5.82 Å². The number of methoxy groups -OCH3 is 2. The molecule has 2 aliphatic rings. The number of hydrogen-bond donors (Lipinski definition) is 0. The molecule has 0 atom stereocenters. The smallest absolute Gasteiger partial charge is 0.259 e. The second kappa shape index (κ2) is 7.03. The van der Waals surface area contributed by atoms with Crippen LogP contribution in [0.3, 0.4) is 0 Å². The van der Waals surface area contributed by atoms with Crippen molar-refractivity contribution in [3.05, 3.63) is 47.9 Å². The summed E-state index contributed by atoms with van der Waals surface area (Å²) in [4.78, 5) is 9.44.